The molecule has 1 aromatic heterocycles. The second kappa shape index (κ2) is 8.96. The first-order valence-corrected chi connectivity index (χ1v) is 12.5. The number of aryl methyl sites for hydroxylation is 1. The van der Waals surface area contributed by atoms with Crippen LogP contribution in [0.2, 0.25) is 0 Å². The lowest BCUT2D eigenvalue weighted by molar-refractivity contribution is -0.384. The molecule has 2 aliphatic heterocycles. The van der Waals surface area contributed by atoms with Crippen LogP contribution in [0.4, 0.5) is 10.8 Å². The number of Topliss-reactive ketones (excluding diaryl/α,β-unsaturated/α-hetero) is 1. The van der Waals surface area contributed by atoms with Crippen molar-refractivity contribution in [2.24, 2.45) is 0 Å². The molecule has 1 fully saturated rings. The molecule has 1 atom stereocenters. The molecule has 38 heavy (non-hydrogen) atoms. The fourth-order valence-electron chi connectivity index (χ4n) is 4.62. The zero-order valence-corrected chi connectivity index (χ0v) is 20.7. The molecule has 3 heterocycles. The van der Waals surface area contributed by atoms with Crippen LogP contribution >= 0.6 is 11.3 Å². The van der Waals surface area contributed by atoms with Gasteiger partial charge in [-0.1, -0.05) is 29.5 Å². The predicted molar refractivity (Wildman–Crippen MR) is 140 cm³/mol. The Bertz CT molecular complexity index is 1690. The quantitative estimate of drug-likeness (QED) is 0.130. The molecule has 1 N–H and O–H groups in total. The fraction of sp³-hybridized carbons (Fsp3) is 0.148. The molecule has 6 rings (SSSR count). The molecule has 190 valence electrons. The first-order chi connectivity index (χ1) is 18.3. The topological polar surface area (TPSA) is 132 Å². The SMILES string of the molecule is Cc1ccc2nc(N3C(=O)C(=O)C(=C(O)c4ccc5c(c4)OCCO5)C3c3cccc([N+](=O)[O-])c3)sc2c1. The zero-order chi connectivity index (χ0) is 26.6. The minimum Gasteiger partial charge on any atom is -0.507 e. The number of nitrogens with zero attached hydrogens (tertiary/aromatic N) is 3. The van der Waals surface area contributed by atoms with Gasteiger partial charge in [0.25, 0.3) is 11.5 Å². The number of ether oxygens (including phenoxy) is 2. The summed E-state index contributed by atoms with van der Waals surface area (Å²) in [5, 5.41) is 23.2. The monoisotopic (exact) mass is 529 g/mol. The van der Waals surface area contributed by atoms with Crippen molar-refractivity contribution in [3.63, 3.8) is 0 Å². The molecule has 11 heteroatoms. The third kappa shape index (κ3) is 3.84. The number of nitro benzene ring substituents is 1. The van der Waals surface area contributed by atoms with Crippen molar-refractivity contribution in [2.75, 3.05) is 18.1 Å². The number of nitro groups is 1. The van der Waals surface area contributed by atoms with Gasteiger partial charge in [-0.15, -0.1) is 0 Å². The summed E-state index contributed by atoms with van der Waals surface area (Å²) in [5.74, 6) is -1.37. The minimum atomic E-state index is -1.15. The van der Waals surface area contributed by atoms with Crippen molar-refractivity contribution < 1.29 is 29.1 Å². The number of benzene rings is 3. The largest absolute Gasteiger partial charge is 0.507 e. The third-order valence-corrected chi connectivity index (χ3v) is 7.41. The Morgan fingerprint density at radius 3 is 2.66 bits per heavy atom. The third-order valence-electron chi connectivity index (χ3n) is 6.40. The summed E-state index contributed by atoms with van der Waals surface area (Å²) in [6.07, 6.45) is 0. The standard InChI is InChI=1S/C27H19N3O7S/c1-14-5-7-18-21(11-14)38-27(28-18)29-23(15-3-2-4-17(12-15)30(34)35)22(25(32)26(29)33)24(31)16-6-8-19-20(13-16)37-10-9-36-19/h2-8,11-13,23,31H,9-10H2,1H3. The zero-order valence-electron chi connectivity index (χ0n) is 19.9. The van der Waals surface area contributed by atoms with Crippen LogP contribution < -0.4 is 14.4 Å². The Labute approximate surface area is 219 Å². The Balaban J connectivity index is 1.56. The summed E-state index contributed by atoms with van der Waals surface area (Å²) < 4.78 is 12.0. The number of hydrogen-bond acceptors (Lipinski definition) is 9. The van der Waals surface area contributed by atoms with E-state index in [4.69, 9.17) is 9.47 Å². The van der Waals surface area contributed by atoms with E-state index in [-0.39, 0.29) is 27.5 Å². The highest BCUT2D eigenvalue weighted by Crippen LogP contribution is 2.45. The van der Waals surface area contributed by atoms with Gasteiger partial charge in [0.05, 0.1) is 26.8 Å². The van der Waals surface area contributed by atoms with Crippen molar-refractivity contribution in [2.45, 2.75) is 13.0 Å². The number of anilines is 1. The van der Waals surface area contributed by atoms with Gasteiger partial charge in [0.15, 0.2) is 16.6 Å². The van der Waals surface area contributed by atoms with E-state index in [2.05, 4.69) is 4.98 Å². The number of aromatic nitrogens is 1. The van der Waals surface area contributed by atoms with Crippen LogP contribution in [-0.2, 0) is 9.59 Å². The predicted octanol–water partition coefficient (Wildman–Crippen LogP) is 4.91. The van der Waals surface area contributed by atoms with Crippen molar-refractivity contribution in [3.8, 4) is 11.5 Å². The molecule has 10 nitrogen and oxygen atoms in total. The van der Waals surface area contributed by atoms with E-state index in [1.807, 2.05) is 25.1 Å². The van der Waals surface area contributed by atoms with E-state index in [0.717, 1.165) is 10.3 Å². The van der Waals surface area contributed by atoms with Gasteiger partial charge in [0.2, 0.25) is 0 Å². The smallest absolute Gasteiger partial charge is 0.301 e. The summed E-state index contributed by atoms with van der Waals surface area (Å²) in [7, 11) is 0. The number of fused-ring (bicyclic) bond motifs is 2. The van der Waals surface area contributed by atoms with Gasteiger partial charge in [0, 0.05) is 17.7 Å². The summed E-state index contributed by atoms with van der Waals surface area (Å²) >= 11 is 1.22. The van der Waals surface area contributed by atoms with E-state index in [1.165, 1.54) is 40.5 Å². The Morgan fingerprint density at radius 1 is 1.08 bits per heavy atom. The molecular formula is C27H19N3O7S. The van der Waals surface area contributed by atoms with E-state index in [9.17, 15) is 24.8 Å². The molecule has 0 saturated carbocycles. The van der Waals surface area contributed by atoms with Gasteiger partial charge >= 0.3 is 5.91 Å². The summed E-state index contributed by atoms with van der Waals surface area (Å²) in [6.45, 7) is 2.64. The van der Waals surface area contributed by atoms with E-state index in [0.29, 0.717) is 30.2 Å². The fourth-order valence-corrected chi connectivity index (χ4v) is 5.71. The number of hydrogen-bond donors (Lipinski definition) is 1. The number of thiazole rings is 1. The number of non-ortho nitro benzene ring substituents is 1. The van der Waals surface area contributed by atoms with Gasteiger partial charge in [0.1, 0.15) is 19.0 Å². The molecular weight excluding hydrogens is 510 g/mol. The number of aliphatic hydroxyl groups excluding tert-OH is 1. The number of carbonyl (C=O) groups excluding carboxylic acids is 2. The normalized spacial score (nSPS) is 18.2. The average Bonchev–Trinajstić information content (AvgIpc) is 3.45. The van der Waals surface area contributed by atoms with Crippen LogP contribution in [0.1, 0.15) is 22.7 Å². The maximum atomic E-state index is 13.5. The van der Waals surface area contributed by atoms with Crippen LogP contribution in [0.5, 0.6) is 11.5 Å². The highest BCUT2D eigenvalue weighted by molar-refractivity contribution is 7.22. The average molecular weight is 530 g/mol. The van der Waals surface area contributed by atoms with Gasteiger partial charge in [-0.3, -0.25) is 24.6 Å². The number of carbonyl (C=O) groups is 2. The molecule has 1 amide bonds. The molecule has 2 aliphatic rings. The van der Waals surface area contributed by atoms with Crippen molar-refractivity contribution in [1.29, 1.82) is 0 Å². The lowest BCUT2D eigenvalue weighted by atomic mass is 9.95. The van der Waals surface area contributed by atoms with E-state index < -0.39 is 28.4 Å². The van der Waals surface area contributed by atoms with Crippen LogP contribution in [-0.4, -0.2) is 39.9 Å². The second-order valence-electron chi connectivity index (χ2n) is 8.85. The first kappa shape index (κ1) is 23.6. The van der Waals surface area contributed by atoms with Crippen LogP contribution in [0.15, 0.2) is 66.2 Å². The minimum absolute atomic E-state index is 0.206. The number of rotatable bonds is 4. The summed E-state index contributed by atoms with van der Waals surface area (Å²) in [5.41, 5.74) is 1.75. The maximum absolute atomic E-state index is 13.5. The summed E-state index contributed by atoms with van der Waals surface area (Å²) in [6, 6.07) is 14.8. The summed E-state index contributed by atoms with van der Waals surface area (Å²) in [4.78, 5) is 43.6. The molecule has 3 aromatic carbocycles. The molecule has 4 aromatic rings. The first-order valence-electron chi connectivity index (χ1n) is 11.6. The number of amides is 1. The van der Waals surface area contributed by atoms with Crippen molar-refractivity contribution in [3.05, 3.63) is 93.0 Å². The van der Waals surface area contributed by atoms with E-state index >= 15 is 0 Å². The maximum Gasteiger partial charge on any atom is 0.301 e. The highest BCUT2D eigenvalue weighted by Gasteiger charge is 2.48. The molecule has 0 radical (unpaired) electrons. The van der Waals surface area contributed by atoms with Gasteiger partial charge in [-0.2, -0.15) is 0 Å². The number of aliphatic hydroxyl groups is 1. The Hall–Kier alpha value is -4.77. The lowest BCUT2D eigenvalue weighted by Gasteiger charge is -2.23. The Kier molecular flexibility index (Phi) is 5.57. The molecule has 1 saturated heterocycles. The number of ketones is 1. The van der Waals surface area contributed by atoms with Crippen LogP contribution in [0.25, 0.3) is 16.0 Å². The molecule has 1 unspecified atom stereocenters. The molecule has 0 spiro atoms. The Morgan fingerprint density at radius 2 is 1.87 bits per heavy atom. The van der Waals surface area contributed by atoms with Crippen LogP contribution in [0.3, 0.4) is 0 Å². The second-order valence-corrected chi connectivity index (χ2v) is 9.86. The van der Waals surface area contributed by atoms with Crippen LogP contribution in [0, 0.1) is 17.0 Å². The van der Waals surface area contributed by atoms with Gasteiger partial charge < -0.3 is 14.6 Å². The molecule has 0 bridgehead atoms. The van der Waals surface area contributed by atoms with Crippen molar-refractivity contribution in [1.82, 2.24) is 4.98 Å². The molecule has 0 aliphatic carbocycles. The van der Waals surface area contributed by atoms with E-state index in [1.54, 1.807) is 18.2 Å². The van der Waals surface area contributed by atoms with Gasteiger partial charge in [-0.25, -0.2) is 4.98 Å². The lowest BCUT2D eigenvalue weighted by Crippen LogP contribution is -2.29. The van der Waals surface area contributed by atoms with Gasteiger partial charge in [-0.05, 0) is 48.4 Å². The van der Waals surface area contributed by atoms with Crippen molar-refractivity contribution >= 4 is 49.8 Å². The highest BCUT2D eigenvalue weighted by atomic mass is 32.1.